The second-order valence-electron chi connectivity index (χ2n) is 5.37. The van der Waals surface area contributed by atoms with Crippen molar-refractivity contribution in [1.82, 2.24) is 0 Å². The Morgan fingerprint density at radius 2 is 0.0897 bits per heavy atom. The minimum Gasteiger partial charge on any atom is -0.822 e. The van der Waals surface area contributed by atoms with E-state index in [9.17, 15) is 0 Å². The number of hydrogen-bond acceptors (Lipinski definition) is 48. The zero-order valence-corrected chi connectivity index (χ0v) is 61.9. The van der Waals surface area contributed by atoms with Crippen LogP contribution in [0.15, 0.2) is 0 Å². The molecule has 78 heavy (non-hydrogen) atoms. The van der Waals surface area contributed by atoms with Crippen molar-refractivity contribution in [2.75, 3.05) is 0 Å². The summed E-state index contributed by atoms with van der Waals surface area (Å²) in [5.41, 5.74) is 0. The molecule has 0 aliphatic heterocycles. The van der Waals surface area contributed by atoms with Gasteiger partial charge in [-0.3, -0.25) is 0 Å². The molecule has 0 amide bonds. The maximum Gasteiger partial charge on any atom is 2.00 e. The Kier molecular flexibility index (Phi) is 245. The molecule has 78 heteroatoms. The number of hydrogen-bond donors (Lipinski definition) is 0. The van der Waals surface area contributed by atoms with Crippen molar-refractivity contribution in [1.29, 1.82) is 0 Å². The molecule has 0 aliphatic rings. The van der Waals surface area contributed by atoms with Gasteiger partial charge in [-0.15, -0.1) is 0 Å². The molecule has 0 rings (SSSR count). The van der Waals surface area contributed by atoms with Crippen LogP contribution in [0.4, 0.5) is 0 Å². The second-order valence-corrected chi connectivity index (χ2v) is 16.1. The van der Waals surface area contributed by atoms with E-state index in [2.05, 4.69) is 0 Å². The van der Waals surface area contributed by atoms with Gasteiger partial charge in [0, 0.05) is 0 Å². The third kappa shape index (κ3) is 5590. The molecule has 0 saturated heterocycles. The predicted octanol–water partition coefficient (Wildman–Crippen LogP) is -33.9. The first-order valence-electron chi connectivity index (χ1n) is 8.76. The van der Waals surface area contributed by atoms with Gasteiger partial charge >= 0.3 is 307 Å². The van der Waals surface area contributed by atoms with E-state index < -0.39 is 93.9 Å². The van der Waals surface area contributed by atoms with Gasteiger partial charge in [0.05, 0.1) is 0 Å². The molecule has 0 fully saturated rings. The fourth-order valence-corrected chi connectivity index (χ4v) is 0. The van der Waals surface area contributed by atoms with Crippen LogP contribution < -0.4 is 176 Å². The van der Waals surface area contributed by atoms with Gasteiger partial charge in [0.1, 0.15) is 0 Å². The van der Waals surface area contributed by atoms with Crippen molar-refractivity contribution in [2.45, 2.75) is 0 Å². The average molecular weight is 2140 g/mol. The first-order chi connectivity index (χ1) is 24.0. The molecular formula is Fe18O48P12. The fraction of sp³-hybridized carbons (Fsp3) is 0. The Hall–Kier alpha value is 10.7. The minimum absolute atomic E-state index is 0. The predicted molar refractivity (Wildman–Crippen MR) is 91.3 cm³/mol. The fourth-order valence-electron chi connectivity index (χ4n) is 0. The second kappa shape index (κ2) is 96.4. The minimum atomic E-state index is -5.39. The monoisotopic (exact) mass is 2150 g/mol. The summed E-state index contributed by atoms with van der Waals surface area (Å²) in [6.07, 6.45) is 0. The number of rotatable bonds is 0. The van der Waals surface area contributed by atoms with Crippen LogP contribution in [0.1, 0.15) is 0 Å². The largest absolute Gasteiger partial charge is 2.00 e. The van der Waals surface area contributed by atoms with Gasteiger partial charge in [-0.2, -0.15) is 93.9 Å². The maximum absolute atomic E-state index is 8.55. The van der Waals surface area contributed by atoms with Gasteiger partial charge in [-0.05, 0) is 0 Å². The summed E-state index contributed by atoms with van der Waals surface area (Å²) in [5, 5.41) is 0. The van der Waals surface area contributed by atoms with E-state index in [1.54, 1.807) is 0 Å². The maximum atomic E-state index is 8.55. The summed E-state index contributed by atoms with van der Waals surface area (Å²) in [6, 6.07) is 0. The van der Waals surface area contributed by atoms with E-state index in [1.807, 2.05) is 0 Å². The Labute approximate surface area is 623 Å². The van der Waals surface area contributed by atoms with Crippen LogP contribution in [-0.2, 0) is 362 Å². The molecule has 0 saturated carbocycles. The van der Waals surface area contributed by atoms with Crippen molar-refractivity contribution in [3.05, 3.63) is 0 Å². The molecule has 48 nitrogen and oxygen atoms in total. The molecule has 0 spiro atoms. The average Bonchev–Trinajstić information content (AvgIpc) is 2.48. The Bertz CT molecular complexity index is 1090. The van der Waals surface area contributed by atoms with E-state index in [0.717, 1.165) is 0 Å². The van der Waals surface area contributed by atoms with Crippen LogP contribution in [0.2, 0.25) is 0 Å². The Balaban J connectivity index is -0.0000000113. The summed E-state index contributed by atoms with van der Waals surface area (Å²) in [6.45, 7) is 0. The quantitative estimate of drug-likeness (QED) is 0.160. The van der Waals surface area contributed by atoms with Crippen LogP contribution in [-0.4, -0.2) is 0 Å². The van der Waals surface area contributed by atoms with Gasteiger partial charge in [0.25, 0.3) is 0 Å². The van der Waals surface area contributed by atoms with E-state index in [4.69, 9.17) is 231 Å². The summed E-state index contributed by atoms with van der Waals surface area (Å²) >= 11 is 0. The van der Waals surface area contributed by atoms with Crippen LogP contribution in [0.5, 0.6) is 0 Å². The third-order valence-corrected chi connectivity index (χ3v) is 0. The van der Waals surface area contributed by atoms with E-state index in [-0.39, 0.29) is 307 Å². The number of phosphoric acid groups is 12. The Morgan fingerprint density at radius 3 is 0.0897 bits per heavy atom. The van der Waals surface area contributed by atoms with Crippen LogP contribution in [0.3, 0.4) is 0 Å². The van der Waals surface area contributed by atoms with Crippen molar-refractivity contribution >= 4 is 93.9 Å². The topological polar surface area (TPSA) is 1030 Å². The molecule has 0 aromatic heterocycles. The zero-order valence-electron chi connectivity index (χ0n) is 31.3. The van der Waals surface area contributed by atoms with Crippen molar-refractivity contribution in [3.63, 3.8) is 0 Å². The summed E-state index contributed by atoms with van der Waals surface area (Å²) in [4.78, 5) is 308. The molecule has 0 atom stereocenters. The SMILES string of the molecule is O=P([O-])([O-])[O-].O=P([O-])([O-])[O-].O=P([O-])([O-])[O-].O=P([O-])([O-])[O-].O=P([O-])([O-])[O-].O=P([O-])([O-])[O-].O=P([O-])([O-])[O-].O=P([O-])([O-])[O-].O=P([O-])([O-])[O-].O=P([O-])([O-])[O-].O=P([O-])([O-])[O-].O=P([O-])([O-])[O-].[Fe+2].[Fe+2].[Fe+2].[Fe+2].[Fe+2].[Fe+2].[Fe+2].[Fe+2].[Fe+2].[Fe+2].[Fe+2].[Fe+2].[Fe+2].[Fe+2].[Fe+2].[Fe+2].[Fe+2].[Fe+2]. The van der Waals surface area contributed by atoms with Crippen LogP contribution in [0, 0.1) is 0 Å². The molecule has 0 aromatic carbocycles. The van der Waals surface area contributed by atoms with Gasteiger partial charge in [-0.25, -0.2) is 0 Å². The smallest absolute Gasteiger partial charge is 0.822 e. The first-order valence-corrected chi connectivity index (χ1v) is 26.3. The standard InChI is InChI=1S/18Fe.12H3O4P/c;;;;;;;;;;;;;;;;;;12*1-5(2,3)4/h;;;;;;;;;;;;;;;;;;12*(H3,1,2,3,4)/q18*+2;;;;;;;;;;;;/p-36. The van der Waals surface area contributed by atoms with Gasteiger partial charge in [-0.1, -0.05) is 0 Å². The van der Waals surface area contributed by atoms with E-state index >= 15 is 0 Å². The van der Waals surface area contributed by atoms with Crippen LogP contribution in [0.25, 0.3) is 0 Å². The molecule has 0 heterocycles. The van der Waals surface area contributed by atoms with E-state index in [1.165, 1.54) is 0 Å². The van der Waals surface area contributed by atoms with Crippen molar-refractivity contribution in [3.8, 4) is 0 Å². The zero-order chi connectivity index (χ0) is 54.0. The van der Waals surface area contributed by atoms with Gasteiger partial charge in [0.2, 0.25) is 0 Å². The molecule has 0 aliphatic carbocycles. The molecule has 0 aromatic rings. The van der Waals surface area contributed by atoms with Crippen molar-refractivity contribution < 1.29 is 538 Å². The van der Waals surface area contributed by atoms with Gasteiger partial charge < -0.3 is 231 Å². The van der Waals surface area contributed by atoms with Gasteiger partial charge in [0.15, 0.2) is 0 Å². The molecule has 0 bridgehead atoms. The van der Waals surface area contributed by atoms with Crippen LogP contribution >= 0.6 is 93.9 Å². The summed E-state index contributed by atoms with van der Waals surface area (Å²) < 4.78 is 103. The molecule has 0 radical (unpaired) electrons. The molecule has 0 unspecified atom stereocenters. The third-order valence-electron chi connectivity index (χ3n) is 0. The molecule has 492 valence electrons. The summed E-state index contributed by atoms with van der Waals surface area (Å²) in [5.74, 6) is 0. The molecule has 0 N–H and O–H groups in total. The van der Waals surface area contributed by atoms with E-state index in [0.29, 0.717) is 0 Å². The normalized spacial score (nSPS) is 9.08. The Morgan fingerprint density at radius 1 is 0.0897 bits per heavy atom. The van der Waals surface area contributed by atoms with Crippen molar-refractivity contribution in [2.24, 2.45) is 0 Å². The summed E-state index contributed by atoms with van der Waals surface area (Å²) in [7, 11) is -64.7. The molecular weight excluding hydrogens is 2140 g/mol. The first kappa shape index (κ1) is 198.